The van der Waals surface area contributed by atoms with Gasteiger partial charge in [-0.25, -0.2) is 0 Å². The van der Waals surface area contributed by atoms with Gasteiger partial charge in [0.2, 0.25) is 5.91 Å². The summed E-state index contributed by atoms with van der Waals surface area (Å²) >= 11 is 1.24. The highest BCUT2D eigenvalue weighted by molar-refractivity contribution is 7.07. The molecule has 6 heteroatoms. The number of carbonyl (C=O) groups is 1. The zero-order chi connectivity index (χ0) is 21.5. The van der Waals surface area contributed by atoms with Gasteiger partial charge in [0.25, 0.3) is 5.19 Å². The molecule has 1 aromatic heterocycles. The molecular formula is C25H23N3O2S. The molecule has 0 fully saturated rings. The van der Waals surface area contributed by atoms with Gasteiger partial charge >= 0.3 is 0 Å². The number of hydrogen-bond donors (Lipinski definition) is 1. The quantitative estimate of drug-likeness (QED) is 0.411. The molecule has 0 aliphatic rings. The maximum atomic E-state index is 12.4. The van der Waals surface area contributed by atoms with Gasteiger partial charge in [0.1, 0.15) is 5.75 Å². The number of aromatic nitrogens is 2. The Bertz CT molecular complexity index is 1110. The van der Waals surface area contributed by atoms with Gasteiger partial charge in [-0.2, -0.15) is 9.36 Å². The molecule has 31 heavy (non-hydrogen) atoms. The van der Waals surface area contributed by atoms with Crippen LogP contribution in [-0.2, 0) is 17.6 Å². The van der Waals surface area contributed by atoms with Crippen LogP contribution < -0.4 is 10.1 Å². The molecule has 5 nitrogen and oxygen atoms in total. The van der Waals surface area contributed by atoms with Crippen LogP contribution in [0, 0.1) is 0 Å². The molecule has 1 N–H and O–H groups in total. The lowest BCUT2D eigenvalue weighted by molar-refractivity contribution is -0.121. The van der Waals surface area contributed by atoms with Gasteiger partial charge in [-0.05, 0) is 35.7 Å². The Morgan fingerprint density at radius 2 is 1.61 bits per heavy atom. The van der Waals surface area contributed by atoms with E-state index in [0.717, 1.165) is 22.5 Å². The number of nitrogens with zero attached hydrogens (tertiary/aromatic N) is 2. The van der Waals surface area contributed by atoms with Gasteiger partial charge in [-0.3, -0.25) is 4.79 Å². The molecule has 4 aromatic rings. The summed E-state index contributed by atoms with van der Waals surface area (Å²) in [4.78, 5) is 16.8. The molecule has 1 heterocycles. The summed E-state index contributed by atoms with van der Waals surface area (Å²) in [5, 5.41) is 3.54. The lowest BCUT2D eigenvalue weighted by Crippen LogP contribution is -2.28. The fourth-order valence-corrected chi connectivity index (χ4v) is 3.78. The number of ether oxygens (including phenoxy) is 1. The highest BCUT2D eigenvalue weighted by atomic mass is 32.1. The molecule has 0 saturated heterocycles. The lowest BCUT2D eigenvalue weighted by Gasteiger charge is -2.14. The van der Waals surface area contributed by atoms with Crippen molar-refractivity contribution in [2.75, 3.05) is 0 Å². The molecule has 0 saturated carbocycles. The minimum absolute atomic E-state index is 0.0142. The van der Waals surface area contributed by atoms with E-state index in [1.165, 1.54) is 11.5 Å². The van der Waals surface area contributed by atoms with Crippen molar-refractivity contribution < 1.29 is 9.53 Å². The van der Waals surface area contributed by atoms with Crippen LogP contribution in [0.5, 0.6) is 10.9 Å². The van der Waals surface area contributed by atoms with Crippen molar-refractivity contribution in [3.63, 3.8) is 0 Å². The van der Waals surface area contributed by atoms with Crippen molar-refractivity contribution in [1.29, 1.82) is 0 Å². The van der Waals surface area contributed by atoms with Crippen LogP contribution in [0.15, 0.2) is 84.9 Å². The smallest absolute Gasteiger partial charge is 0.298 e. The van der Waals surface area contributed by atoms with Crippen LogP contribution in [0.2, 0.25) is 0 Å². The van der Waals surface area contributed by atoms with E-state index < -0.39 is 0 Å². The number of hydrogen-bond acceptors (Lipinski definition) is 5. The number of benzene rings is 3. The fraction of sp³-hybridized carbons (Fsp3) is 0.160. The molecule has 3 aromatic carbocycles. The monoisotopic (exact) mass is 429 g/mol. The highest BCUT2D eigenvalue weighted by Gasteiger charge is 2.11. The summed E-state index contributed by atoms with van der Waals surface area (Å²) < 4.78 is 10.2. The van der Waals surface area contributed by atoms with Crippen LogP contribution in [-0.4, -0.2) is 15.3 Å². The van der Waals surface area contributed by atoms with E-state index in [0.29, 0.717) is 23.8 Å². The molecule has 0 spiro atoms. The number of rotatable bonds is 8. The minimum atomic E-state index is -0.0289. The van der Waals surface area contributed by atoms with Crippen molar-refractivity contribution in [2.45, 2.75) is 25.8 Å². The van der Waals surface area contributed by atoms with Crippen molar-refractivity contribution >= 4 is 17.4 Å². The Balaban J connectivity index is 1.30. The van der Waals surface area contributed by atoms with Crippen LogP contribution in [0.1, 0.15) is 35.5 Å². The van der Waals surface area contributed by atoms with Crippen LogP contribution in [0.3, 0.4) is 0 Å². The minimum Gasteiger partial charge on any atom is -0.430 e. The maximum Gasteiger partial charge on any atom is 0.298 e. The van der Waals surface area contributed by atoms with E-state index in [1.807, 2.05) is 79.7 Å². The molecule has 0 aliphatic carbocycles. The van der Waals surface area contributed by atoms with Gasteiger partial charge in [-0.1, -0.05) is 72.8 Å². The lowest BCUT2D eigenvalue weighted by atomic mass is 10.1. The molecule has 1 amide bonds. The molecule has 1 unspecified atom stereocenters. The molecule has 1 atom stereocenters. The van der Waals surface area contributed by atoms with Crippen molar-refractivity contribution in [2.24, 2.45) is 0 Å². The van der Waals surface area contributed by atoms with E-state index in [-0.39, 0.29) is 11.9 Å². The number of amides is 1. The first-order valence-electron chi connectivity index (χ1n) is 10.1. The second-order valence-electron chi connectivity index (χ2n) is 7.26. The van der Waals surface area contributed by atoms with Gasteiger partial charge < -0.3 is 10.1 Å². The highest BCUT2D eigenvalue weighted by Crippen LogP contribution is 2.24. The van der Waals surface area contributed by atoms with Crippen molar-refractivity contribution in [3.8, 4) is 10.9 Å². The SMILES string of the molecule is CC(NC(=O)Cc1ccc(Oc2nc(Cc3ccccc3)ns2)cc1)c1ccccc1. The van der Waals surface area contributed by atoms with Crippen molar-refractivity contribution in [1.82, 2.24) is 14.7 Å². The summed E-state index contributed by atoms with van der Waals surface area (Å²) in [5.41, 5.74) is 3.17. The molecule has 0 bridgehead atoms. The van der Waals surface area contributed by atoms with Gasteiger partial charge in [0.05, 0.1) is 12.5 Å². The first-order chi connectivity index (χ1) is 15.2. The summed E-state index contributed by atoms with van der Waals surface area (Å²) in [6.07, 6.45) is 0.994. The normalized spacial score (nSPS) is 11.6. The molecular weight excluding hydrogens is 406 g/mol. The predicted molar refractivity (Wildman–Crippen MR) is 122 cm³/mol. The first-order valence-corrected chi connectivity index (χ1v) is 10.9. The Labute approximate surface area is 185 Å². The third kappa shape index (κ3) is 5.99. The molecule has 0 aliphatic heterocycles. The Morgan fingerprint density at radius 1 is 0.935 bits per heavy atom. The Hall–Kier alpha value is -3.51. The average molecular weight is 430 g/mol. The largest absolute Gasteiger partial charge is 0.430 e. The Kier molecular flexibility index (Phi) is 6.69. The predicted octanol–water partition coefficient (Wildman–Crippen LogP) is 5.34. The number of nitrogens with one attached hydrogen (secondary N) is 1. The summed E-state index contributed by atoms with van der Waals surface area (Å²) in [6.45, 7) is 1.98. The van der Waals surface area contributed by atoms with Gasteiger partial charge in [-0.15, -0.1) is 0 Å². The zero-order valence-electron chi connectivity index (χ0n) is 17.2. The third-order valence-electron chi connectivity index (χ3n) is 4.82. The maximum absolute atomic E-state index is 12.4. The van der Waals surface area contributed by atoms with Crippen molar-refractivity contribution in [3.05, 3.63) is 107 Å². The van der Waals surface area contributed by atoms with Crippen LogP contribution in [0.25, 0.3) is 0 Å². The van der Waals surface area contributed by atoms with Crippen LogP contribution >= 0.6 is 11.5 Å². The zero-order valence-corrected chi connectivity index (χ0v) is 18.0. The summed E-state index contributed by atoms with van der Waals surface area (Å²) in [7, 11) is 0. The molecule has 0 radical (unpaired) electrons. The van der Waals surface area contributed by atoms with E-state index in [9.17, 15) is 4.79 Å². The third-order valence-corrected chi connectivity index (χ3v) is 5.46. The fourth-order valence-electron chi connectivity index (χ4n) is 3.21. The van der Waals surface area contributed by atoms with Gasteiger partial charge in [0, 0.05) is 18.0 Å². The van der Waals surface area contributed by atoms with E-state index in [2.05, 4.69) is 26.8 Å². The molecule has 4 rings (SSSR count). The Morgan fingerprint density at radius 3 is 2.32 bits per heavy atom. The van der Waals surface area contributed by atoms with E-state index in [4.69, 9.17) is 4.74 Å². The number of carbonyl (C=O) groups excluding carboxylic acids is 1. The second kappa shape index (κ2) is 10.00. The topological polar surface area (TPSA) is 64.1 Å². The summed E-state index contributed by atoms with van der Waals surface area (Å²) in [6, 6.07) is 27.5. The van der Waals surface area contributed by atoms with Crippen LogP contribution in [0.4, 0.5) is 0 Å². The summed E-state index contributed by atoms with van der Waals surface area (Å²) in [5.74, 6) is 1.40. The van der Waals surface area contributed by atoms with E-state index in [1.54, 1.807) is 0 Å². The second-order valence-corrected chi connectivity index (χ2v) is 7.98. The average Bonchev–Trinajstić information content (AvgIpc) is 3.23. The van der Waals surface area contributed by atoms with E-state index >= 15 is 0 Å². The van der Waals surface area contributed by atoms with Gasteiger partial charge in [0.15, 0.2) is 5.82 Å². The standard InChI is InChI=1S/C25H23N3O2S/c1-18(21-10-6-3-7-11-21)26-24(29)17-20-12-14-22(15-13-20)30-25-27-23(28-31-25)16-19-8-4-2-5-9-19/h2-15,18H,16-17H2,1H3,(H,26,29). The molecule has 156 valence electrons. The first kappa shape index (κ1) is 20.8.